The second-order valence-corrected chi connectivity index (χ2v) is 4.14. The minimum Gasteiger partial charge on any atom is -0.360 e. The highest BCUT2D eigenvalue weighted by atomic mass is 15.1. The molecule has 0 aliphatic rings. The van der Waals surface area contributed by atoms with Gasteiger partial charge in [-0.3, -0.25) is 0 Å². The molecule has 3 nitrogen and oxygen atoms in total. The molecule has 0 aromatic carbocycles. The van der Waals surface area contributed by atoms with Crippen molar-refractivity contribution in [1.29, 1.82) is 0 Å². The zero-order valence-electron chi connectivity index (χ0n) is 10.8. The molecule has 1 atom stereocenters. The fourth-order valence-electron chi connectivity index (χ4n) is 1.52. The molecular formula is C13H23N3. The number of nitrogens with zero attached hydrogens (tertiary/aromatic N) is 2. The van der Waals surface area contributed by atoms with Gasteiger partial charge in [0, 0.05) is 25.8 Å². The van der Waals surface area contributed by atoms with Crippen LogP contribution in [0.3, 0.4) is 0 Å². The highest BCUT2D eigenvalue weighted by Gasteiger charge is 2.05. The van der Waals surface area contributed by atoms with Crippen LogP contribution in [0.2, 0.25) is 0 Å². The van der Waals surface area contributed by atoms with Crippen LogP contribution in [0.5, 0.6) is 0 Å². The zero-order valence-corrected chi connectivity index (χ0v) is 10.8. The molecule has 1 heterocycles. The van der Waals surface area contributed by atoms with E-state index in [-0.39, 0.29) is 0 Å². The van der Waals surface area contributed by atoms with Crippen LogP contribution in [-0.2, 0) is 0 Å². The molecule has 1 rings (SSSR count). The summed E-state index contributed by atoms with van der Waals surface area (Å²) in [6.45, 7) is 8.52. The van der Waals surface area contributed by atoms with E-state index in [2.05, 4.69) is 55.2 Å². The van der Waals surface area contributed by atoms with Gasteiger partial charge in [-0.25, -0.2) is 4.98 Å². The summed E-state index contributed by atoms with van der Waals surface area (Å²) in [5, 5.41) is 3.46. The molecule has 0 fully saturated rings. The van der Waals surface area contributed by atoms with E-state index in [4.69, 9.17) is 0 Å². The summed E-state index contributed by atoms with van der Waals surface area (Å²) < 4.78 is 0. The lowest BCUT2D eigenvalue weighted by molar-refractivity contribution is 0.569. The third kappa shape index (κ3) is 3.49. The first-order valence-corrected chi connectivity index (χ1v) is 6.09. The fraction of sp³-hybridized carbons (Fsp3) is 0.615. The van der Waals surface area contributed by atoms with Crippen LogP contribution < -0.4 is 10.2 Å². The molecule has 1 aromatic heterocycles. The van der Waals surface area contributed by atoms with E-state index < -0.39 is 0 Å². The summed E-state index contributed by atoms with van der Waals surface area (Å²) in [7, 11) is 2.06. The summed E-state index contributed by atoms with van der Waals surface area (Å²) >= 11 is 0. The Hall–Kier alpha value is -1.09. The van der Waals surface area contributed by atoms with E-state index in [9.17, 15) is 0 Å². The number of aromatic nitrogens is 1. The molecule has 90 valence electrons. The Bertz CT molecular complexity index is 295. The van der Waals surface area contributed by atoms with E-state index in [0.29, 0.717) is 6.04 Å². The summed E-state index contributed by atoms with van der Waals surface area (Å²) in [6.07, 6.45) is 3.13. The molecule has 3 heteroatoms. The summed E-state index contributed by atoms with van der Waals surface area (Å²) in [6, 6.07) is 4.62. The Kier molecular flexibility index (Phi) is 5.26. The van der Waals surface area contributed by atoms with Crippen molar-refractivity contribution in [3.63, 3.8) is 0 Å². The van der Waals surface area contributed by atoms with Crippen molar-refractivity contribution in [3.05, 3.63) is 23.9 Å². The number of anilines is 1. The van der Waals surface area contributed by atoms with Gasteiger partial charge < -0.3 is 10.2 Å². The van der Waals surface area contributed by atoms with Crippen LogP contribution in [0.15, 0.2) is 18.3 Å². The third-order valence-corrected chi connectivity index (χ3v) is 2.84. The maximum absolute atomic E-state index is 4.46. The van der Waals surface area contributed by atoms with Gasteiger partial charge in [-0.2, -0.15) is 0 Å². The predicted molar refractivity (Wildman–Crippen MR) is 69.9 cm³/mol. The maximum Gasteiger partial charge on any atom is 0.128 e. The lowest BCUT2D eigenvalue weighted by Gasteiger charge is -2.17. The lowest BCUT2D eigenvalue weighted by Crippen LogP contribution is -2.20. The Balaban J connectivity index is 2.63. The van der Waals surface area contributed by atoms with E-state index in [1.54, 1.807) is 0 Å². The molecule has 16 heavy (non-hydrogen) atoms. The van der Waals surface area contributed by atoms with Crippen LogP contribution in [0.4, 0.5) is 5.82 Å². The second-order valence-electron chi connectivity index (χ2n) is 4.14. The third-order valence-electron chi connectivity index (χ3n) is 2.84. The SMILES string of the molecule is CCCNC(C)c1ccc(N(C)CC)nc1. The number of pyridine rings is 1. The van der Waals surface area contributed by atoms with Crippen molar-refractivity contribution in [1.82, 2.24) is 10.3 Å². The molecule has 1 unspecified atom stereocenters. The molecule has 0 saturated carbocycles. The molecule has 0 radical (unpaired) electrons. The summed E-state index contributed by atoms with van der Waals surface area (Å²) in [5.41, 5.74) is 1.25. The standard InChI is InChI=1S/C13H23N3/c1-5-9-14-11(3)12-7-8-13(15-10-12)16(4)6-2/h7-8,10-11,14H,5-6,9H2,1-4H3. The lowest BCUT2D eigenvalue weighted by atomic mass is 10.1. The summed E-state index contributed by atoms with van der Waals surface area (Å²) in [4.78, 5) is 6.60. The van der Waals surface area contributed by atoms with Crippen LogP contribution >= 0.6 is 0 Å². The van der Waals surface area contributed by atoms with Crippen LogP contribution in [0.25, 0.3) is 0 Å². The average Bonchev–Trinajstić information content (AvgIpc) is 2.35. The van der Waals surface area contributed by atoms with Crippen molar-refractivity contribution >= 4 is 5.82 Å². The largest absolute Gasteiger partial charge is 0.360 e. The Labute approximate surface area is 98.9 Å². The Morgan fingerprint density at radius 1 is 1.38 bits per heavy atom. The maximum atomic E-state index is 4.46. The minimum atomic E-state index is 0.383. The molecule has 1 aromatic rings. The Morgan fingerprint density at radius 2 is 2.12 bits per heavy atom. The molecule has 0 bridgehead atoms. The second kappa shape index (κ2) is 6.48. The minimum absolute atomic E-state index is 0.383. The van der Waals surface area contributed by atoms with E-state index in [1.807, 2.05) is 6.20 Å². The summed E-state index contributed by atoms with van der Waals surface area (Å²) in [5.74, 6) is 1.04. The van der Waals surface area contributed by atoms with Crippen molar-refractivity contribution in [2.75, 3.05) is 25.0 Å². The van der Waals surface area contributed by atoms with Crippen LogP contribution in [-0.4, -0.2) is 25.1 Å². The van der Waals surface area contributed by atoms with Gasteiger partial charge in [-0.15, -0.1) is 0 Å². The highest BCUT2D eigenvalue weighted by Crippen LogP contribution is 2.14. The molecular weight excluding hydrogens is 198 g/mol. The van der Waals surface area contributed by atoms with Gasteiger partial charge in [0.15, 0.2) is 0 Å². The monoisotopic (exact) mass is 221 g/mol. The van der Waals surface area contributed by atoms with Gasteiger partial charge >= 0.3 is 0 Å². The van der Waals surface area contributed by atoms with Crippen LogP contribution in [0, 0.1) is 0 Å². The van der Waals surface area contributed by atoms with Gasteiger partial charge in [-0.05, 0) is 38.4 Å². The highest BCUT2D eigenvalue weighted by molar-refractivity contribution is 5.38. The van der Waals surface area contributed by atoms with E-state index in [1.165, 1.54) is 5.56 Å². The first kappa shape index (κ1) is 13.0. The zero-order chi connectivity index (χ0) is 12.0. The van der Waals surface area contributed by atoms with E-state index in [0.717, 1.165) is 25.3 Å². The molecule has 0 saturated heterocycles. The van der Waals surface area contributed by atoms with Gasteiger partial charge in [0.05, 0.1) is 0 Å². The van der Waals surface area contributed by atoms with Crippen LogP contribution in [0.1, 0.15) is 38.8 Å². The molecule has 1 N–H and O–H groups in total. The predicted octanol–water partition coefficient (Wildman–Crippen LogP) is 2.60. The quantitative estimate of drug-likeness (QED) is 0.800. The van der Waals surface area contributed by atoms with Crippen molar-refractivity contribution in [2.45, 2.75) is 33.2 Å². The first-order chi connectivity index (χ1) is 7.69. The average molecular weight is 221 g/mol. The van der Waals surface area contributed by atoms with Gasteiger partial charge in [0.25, 0.3) is 0 Å². The molecule has 0 aliphatic carbocycles. The smallest absolute Gasteiger partial charge is 0.128 e. The fourth-order valence-corrected chi connectivity index (χ4v) is 1.52. The molecule has 0 spiro atoms. The van der Waals surface area contributed by atoms with E-state index >= 15 is 0 Å². The van der Waals surface area contributed by atoms with Crippen molar-refractivity contribution in [3.8, 4) is 0 Å². The number of nitrogens with one attached hydrogen (secondary N) is 1. The van der Waals surface area contributed by atoms with Gasteiger partial charge in [0.2, 0.25) is 0 Å². The van der Waals surface area contributed by atoms with Gasteiger partial charge in [-0.1, -0.05) is 13.0 Å². The normalized spacial score (nSPS) is 12.5. The number of hydrogen-bond donors (Lipinski definition) is 1. The molecule has 0 aliphatic heterocycles. The molecule has 0 amide bonds. The first-order valence-electron chi connectivity index (χ1n) is 6.09. The number of hydrogen-bond acceptors (Lipinski definition) is 3. The van der Waals surface area contributed by atoms with Gasteiger partial charge in [0.1, 0.15) is 5.82 Å². The number of rotatable bonds is 6. The topological polar surface area (TPSA) is 28.2 Å². The van der Waals surface area contributed by atoms with Crippen molar-refractivity contribution < 1.29 is 0 Å². The Morgan fingerprint density at radius 3 is 2.62 bits per heavy atom. The van der Waals surface area contributed by atoms with Crippen molar-refractivity contribution in [2.24, 2.45) is 0 Å².